The maximum Gasteiger partial charge on any atom is 0.378 e. The van der Waals surface area contributed by atoms with Gasteiger partial charge in [-0.05, 0) is 12.0 Å². The molecule has 1 heterocycles. The Labute approximate surface area is 140 Å². The third-order valence-corrected chi connectivity index (χ3v) is 3.74. The molecule has 5 nitrogen and oxygen atoms in total. The van der Waals surface area contributed by atoms with Crippen LogP contribution in [0.3, 0.4) is 0 Å². The molecule has 5 heteroatoms. The molecule has 3 aromatic rings. The molecule has 0 spiro atoms. The molecule has 0 aliphatic carbocycles. The highest BCUT2D eigenvalue weighted by molar-refractivity contribution is 5.87. The maximum atomic E-state index is 11.7. The molecular formula is C19H17N3O2. The molecule has 0 fully saturated rings. The van der Waals surface area contributed by atoms with E-state index in [4.69, 9.17) is 4.74 Å². The van der Waals surface area contributed by atoms with Crippen molar-refractivity contribution in [1.29, 1.82) is 0 Å². The minimum absolute atomic E-state index is 0.0507. The fourth-order valence-electron chi connectivity index (χ4n) is 2.39. The number of carbonyl (C=O) groups excluding carboxylic acids is 1. The van der Waals surface area contributed by atoms with Crippen molar-refractivity contribution in [2.45, 2.75) is 13.3 Å². The summed E-state index contributed by atoms with van der Waals surface area (Å²) in [5.41, 5.74) is 4.26. The van der Waals surface area contributed by atoms with Gasteiger partial charge in [-0.3, -0.25) is 0 Å². The van der Waals surface area contributed by atoms with Gasteiger partial charge in [0.2, 0.25) is 0 Å². The molecule has 0 saturated heterocycles. The molecule has 0 unspecified atom stereocenters. The third kappa shape index (κ3) is 3.15. The topological polar surface area (TPSA) is 65.0 Å². The summed E-state index contributed by atoms with van der Waals surface area (Å²) in [5, 5.41) is 8.16. The minimum Gasteiger partial charge on any atom is -0.463 e. The monoisotopic (exact) mass is 319 g/mol. The van der Waals surface area contributed by atoms with Crippen molar-refractivity contribution < 1.29 is 9.53 Å². The molecule has 0 aliphatic rings. The quantitative estimate of drug-likeness (QED) is 0.688. The summed E-state index contributed by atoms with van der Waals surface area (Å²) in [7, 11) is 1.30. The number of nitrogens with zero attached hydrogens (tertiary/aromatic N) is 3. The molecule has 120 valence electrons. The average molecular weight is 319 g/mol. The predicted molar refractivity (Wildman–Crippen MR) is 91.4 cm³/mol. The predicted octanol–water partition coefficient (Wildman–Crippen LogP) is 3.55. The summed E-state index contributed by atoms with van der Waals surface area (Å²) in [6.07, 6.45) is 0.969. The Morgan fingerprint density at radius 3 is 2.21 bits per heavy atom. The highest BCUT2D eigenvalue weighted by atomic mass is 16.5. The van der Waals surface area contributed by atoms with Crippen LogP contribution in [0.5, 0.6) is 0 Å². The van der Waals surface area contributed by atoms with E-state index in [0.29, 0.717) is 11.4 Å². The Hall–Kier alpha value is -3.08. The van der Waals surface area contributed by atoms with Crippen LogP contribution < -0.4 is 0 Å². The van der Waals surface area contributed by atoms with Crippen molar-refractivity contribution in [3.63, 3.8) is 0 Å². The average Bonchev–Trinajstić information content (AvgIpc) is 2.67. The maximum absolute atomic E-state index is 11.7. The van der Waals surface area contributed by atoms with Crippen LogP contribution in [0.25, 0.3) is 22.5 Å². The summed E-state index contributed by atoms with van der Waals surface area (Å²) >= 11 is 0. The Balaban J connectivity index is 2.15. The van der Waals surface area contributed by atoms with Gasteiger partial charge in [0.15, 0.2) is 0 Å². The van der Waals surface area contributed by atoms with Crippen molar-refractivity contribution in [3.8, 4) is 22.5 Å². The van der Waals surface area contributed by atoms with Crippen molar-refractivity contribution in [2.75, 3.05) is 7.11 Å². The molecule has 0 atom stereocenters. The number of carbonyl (C=O) groups is 1. The third-order valence-electron chi connectivity index (χ3n) is 3.74. The highest BCUT2D eigenvalue weighted by Crippen LogP contribution is 2.28. The number of rotatable bonds is 4. The fourth-order valence-corrected chi connectivity index (χ4v) is 2.39. The second-order valence-corrected chi connectivity index (χ2v) is 5.24. The van der Waals surface area contributed by atoms with E-state index in [-0.39, 0.29) is 5.82 Å². The number of hydrogen-bond donors (Lipinski definition) is 0. The van der Waals surface area contributed by atoms with Gasteiger partial charge in [0, 0.05) is 11.1 Å². The first-order valence-electron chi connectivity index (χ1n) is 7.70. The first-order chi connectivity index (χ1) is 11.7. The van der Waals surface area contributed by atoms with Crippen LogP contribution in [0.4, 0.5) is 0 Å². The molecular weight excluding hydrogens is 302 g/mol. The smallest absolute Gasteiger partial charge is 0.378 e. The number of aryl methyl sites for hydroxylation is 1. The van der Waals surface area contributed by atoms with Crippen molar-refractivity contribution in [2.24, 2.45) is 0 Å². The Morgan fingerprint density at radius 2 is 1.58 bits per heavy atom. The lowest BCUT2D eigenvalue weighted by atomic mass is 10.0. The molecule has 1 aromatic heterocycles. The van der Waals surface area contributed by atoms with Crippen LogP contribution in [0, 0.1) is 0 Å². The first-order valence-corrected chi connectivity index (χ1v) is 7.70. The molecule has 0 bridgehead atoms. The van der Waals surface area contributed by atoms with E-state index >= 15 is 0 Å². The summed E-state index contributed by atoms with van der Waals surface area (Å²) in [5.74, 6) is -0.655. The molecule has 0 saturated carbocycles. The zero-order valence-electron chi connectivity index (χ0n) is 13.6. The number of ether oxygens (including phenoxy) is 1. The normalized spacial score (nSPS) is 10.4. The van der Waals surface area contributed by atoms with Gasteiger partial charge in [-0.2, -0.15) is 0 Å². The van der Waals surface area contributed by atoms with Gasteiger partial charge in [0.05, 0.1) is 7.11 Å². The summed E-state index contributed by atoms with van der Waals surface area (Å²) in [6, 6.07) is 17.7. The SMILES string of the molecule is CCc1ccc(-c2nnc(C(=O)OC)nc2-c2ccccc2)cc1. The summed E-state index contributed by atoms with van der Waals surface area (Å²) in [6.45, 7) is 2.11. The molecule has 0 amide bonds. The summed E-state index contributed by atoms with van der Waals surface area (Å²) in [4.78, 5) is 16.1. The van der Waals surface area contributed by atoms with E-state index < -0.39 is 5.97 Å². The highest BCUT2D eigenvalue weighted by Gasteiger charge is 2.17. The number of benzene rings is 2. The Kier molecular flexibility index (Phi) is 4.61. The van der Waals surface area contributed by atoms with E-state index in [9.17, 15) is 4.79 Å². The Bertz CT molecular complexity index is 846. The lowest BCUT2D eigenvalue weighted by Gasteiger charge is -2.09. The van der Waals surface area contributed by atoms with Crippen molar-refractivity contribution in [1.82, 2.24) is 15.2 Å². The lowest BCUT2D eigenvalue weighted by molar-refractivity contribution is 0.0585. The van der Waals surface area contributed by atoms with Crippen LogP contribution in [-0.4, -0.2) is 28.3 Å². The Morgan fingerprint density at radius 1 is 0.917 bits per heavy atom. The van der Waals surface area contributed by atoms with Gasteiger partial charge < -0.3 is 4.74 Å². The van der Waals surface area contributed by atoms with Gasteiger partial charge in [-0.25, -0.2) is 9.78 Å². The minimum atomic E-state index is -0.604. The van der Waals surface area contributed by atoms with Gasteiger partial charge >= 0.3 is 5.97 Å². The van der Waals surface area contributed by atoms with E-state index in [1.807, 2.05) is 42.5 Å². The lowest BCUT2D eigenvalue weighted by Crippen LogP contribution is -2.10. The van der Waals surface area contributed by atoms with Crippen LogP contribution in [-0.2, 0) is 11.2 Å². The van der Waals surface area contributed by atoms with Gasteiger partial charge in [0.25, 0.3) is 5.82 Å². The zero-order chi connectivity index (χ0) is 16.9. The van der Waals surface area contributed by atoms with Crippen LogP contribution in [0.1, 0.15) is 23.1 Å². The van der Waals surface area contributed by atoms with Crippen LogP contribution >= 0.6 is 0 Å². The van der Waals surface area contributed by atoms with E-state index in [2.05, 4.69) is 34.2 Å². The summed E-state index contributed by atoms with van der Waals surface area (Å²) < 4.78 is 4.70. The zero-order valence-corrected chi connectivity index (χ0v) is 13.6. The molecule has 0 N–H and O–H groups in total. The number of esters is 1. The van der Waals surface area contributed by atoms with Gasteiger partial charge in [0.1, 0.15) is 11.4 Å². The molecule has 0 aliphatic heterocycles. The van der Waals surface area contributed by atoms with E-state index in [1.165, 1.54) is 12.7 Å². The molecule has 3 rings (SSSR count). The molecule has 0 radical (unpaired) electrons. The van der Waals surface area contributed by atoms with Gasteiger partial charge in [-0.1, -0.05) is 61.5 Å². The standard InChI is InChI=1S/C19H17N3O2/c1-3-13-9-11-15(12-10-13)17-16(14-7-5-4-6-8-14)20-18(22-21-17)19(23)24-2/h4-12H,3H2,1-2H3. The van der Waals surface area contributed by atoms with Crippen LogP contribution in [0.2, 0.25) is 0 Å². The fraction of sp³-hybridized carbons (Fsp3) is 0.158. The first kappa shape index (κ1) is 15.8. The van der Waals surface area contributed by atoms with E-state index in [0.717, 1.165) is 17.5 Å². The molecule has 2 aromatic carbocycles. The van der Waals surface area contributed by atoms with Gasteiger partial charge in [-0.15, -0.1) is 10.2 Å². The number of methoxy groups -OCH3 is 1. The number of aromatic nitrogens is 3. The molecule has 24 heavy (non-hydrogen) atoms. The van der Waals surface area contributed by atoms with Crippen molar-refractivity contribution >= 4 is 5.97 Å². The van der Waals surface area contributed by atoms with E-state index in [1.54, 1.807) is 0 Å². The largest absolute Gasteiger partial charge is 0.463 e. The van der Waals surface area contributed by atoms with Crippen molar-refractivity contribution in [3.05, 3.63) is 66.0 Å². The van der Waals surface area contributed by atoms with Crippen LogP contribution in [0.15, 0.2) is 54.6 Å². The number of hydrogen-bond acceptors (Lipinski definition) is 5. The second-order valence-electron chi connectivity index (χ2n) is 5.24. The second kappa shape index (κ2) is 7.00.